The van der Waals surface area contributed by atoms with Gasteiger partial charge in [-0.25, -0.2) is 4.98 Å². The summed E-state index contributed by atoms with van der Waals surface area (Å²) in [5.74, 6) is 1.06. The minimum atomic E-state index is -0.344. The van der Waals surface area contributed by atoms with E-state index in [1.54, 1.807) is 31.2 Å². The first-order valence-electron chi connectivity index (χ1n) is 8.11. The Morgan fingerprint density at radius 1 is 1.20 bits per heavy atom. The van der Waals surface area contributed by atoms with Gasteiger partial charge in [0.25, 0.3) is 0 Å². The summed E-state index contributed by atoms with van der Waals surface area (Å²) in [6.45, 7) is 4.13. The Labute approximate surface area is 151 Å². The Hall–Kier alpha value is -2.53. The number of carbonyl (C=O) groups is 1. The fourth-order valence-electron chi connectivity index (χ4n) is 2.68. The molecule has 2 aromatic carbocycles. The molecule has 25 heavy (non-hydrogen) atoms. The molecule has 1 heterocycles. The quantitative estimate of drug-likeness (QED) is 0.613. The molecule has 6 heteroatoms. The Morgan fingerprint density at radius 3 is 2.64 bits per heavy atom. The van der Waals surface area contributed by atoms with Gasteiger partial charge in [0.2, 0.25) is 0 Å². The normalized spacial score (nSPS) is 12.1. The SMILES string of the molecule is CCOC(=O)Cn1c(C(C)Oc2ccc(Cl)cc2)nc2ccccc21. The minimum absolute atomic E-state index is 0.0952. The van der Waals surface area contributed by atoms with Crippen molar-refractivity contribution < 1.29 is 14.3 Å². The van der Waals surface area contributed by atoms with Crippen molar-refractivity contribution in [3.8, 4) is 5.75 Å². The number of hydrogen-bond donors (Lipinski definition) is 0. The van der Waals surface area contributed by atoms with Crippen molar-refractivity contribution >= 4 is 28.6 Å². The topological polar surface area (TPSA) is 53.4 Å². The van der Waals surface area contributed by atoms with Crippen LogP contribution in [0.15, 0.2) is 48.5 Å². The number of halogens is 1. The summed E-state index contributed by atoms with van der Waals surface area (Å²) in [6.07, 6.45) is -0.344. The van der Waals surface area contributed by atoms with Crippen LogP contribution < -0.4 is 4.74 Å². The first-order valence-corrected chi connectivity index (χ1v) is 8.49. The van der Waals surface area contributed by atoms with E-state index in [0.29, 0.717) is 23.2 Å². The summed E-state index contributed by atoms with van der Waals surface area (Å²) in [5, 5.41) is 0.648. The van der Waals surface area contributed by atoms with Crippen LogP contribution in [-0.2, 0) is 16.1 Å². The molecule has 0 amide bonds. The van der Waals surface area contributed by atoms with Gasteiger partial charge in [0.05, 0.1) is 17.6 Å². The number of imidazole rings is 1. The van der Waals surface area contributed by atoms with Gasteiger partial charge in [0.1, 0.15) is 12.3 Å². The van der Waals surface area contributed by atoms with Gasteiger partial charge in [-0.2, -0.15) is 0 Å². The summed E-state index contributed by atoms with van der Waals surface area (Å²) in [6, 6.07) is 14.8. The highest BCUT2D eigenvalue weighted by Gasteiger charge is 2.20. The molecule has 0 bridgehead atoms. The van der Waals surface area contributed by atoms with Crippen molar-refractivity contribution in [2.45, 2.75) is 26.5 Å². The minimum Gasteiger partial charge on any atom is -0.483 e. The van der Waals surface area contributed by atoms with Crippen molar-refractivity contribution in [2.75, 3.05) is 6.61 Å². The molecule has 3 rings (SSSR count). The molecular formula is C19H19ClN2O3. The van der Waals surface area contributed by atoms with Gasteiger partial charge in [-0.3, -0.25) is 4.79 Å². The average molecular weight is 359 g/mol. The number of hydrogen-bond acceptors (Lipinski definition) is 4. The molecule has 0 aliphatic rings. The zero-order valence-electron chi connectivity index (χ0n) is 14.1. The second-order valence-electron chi connectivity index (χ2n) is 5.56. The molecule has 1 unspecified atom stereocenters. The molecule has 0 saturated heterocycles. The number of esters is 1. The van der Waals surface area contributed by atoms with E-state index in [1.165, 1.54) is 0 Å². The lowest BCUT2D eigenvalue weighted by Crippen LogP contribution is -2.18. The lowest BCUT2D eigenvalue weighted by Gasteiger charge is -2.16. The molecule has 5 nitrogen and oxygen atoms in total. The van der Waals surface area contributed by atoms with Gasteiger partial charge < -0.3 is 14.0 Å². The molecule has 3 aromatic rings. The van der Waals surface area contributed by atoms with Crippen molar-refractivity contribution in [2.24, 2.45) is 0 Å². The van der Waals surface area contributed by atoms with Crippen LogP contribution >= 0.6 is 11.6 Å². The molecule has 0 fully saturated rings. The van der Waals surface area contributed by atoms with Gasteiger partial charge in [0, 0.05) is 5.02 Å². The molecule has 0 N–H and O–H groups in total. The number of benzene rings is 2. The number of rotatable bonds is 6. The molecular weight excluding hydrogens is 340 g/mol. The van der Waals surface area contributed by atoms with E-state index in [9.17, 15) is 4.79 Å². The van der Waals surface area contributed by atoms with Gasteiger partial charge in [-0.1, -0.05) is 23.7 Å². The summed E-state index contributed by atoms with van der Waals surface area (Å²) >= 11 is 5.91. The number of aromatic nitrogens is 2. The predicted octanol–water partition coefficient (Wildman–Crippen LogP) is 4.39. The fraction of sp³-hybridized carbons (Fsp3) is 0.263. The van der Waals surface area contributed by atoms with E-state index in [-0.39, 0.29) is 18.6 Å². The van der Waals surface area contributed by atoms with Crippen molar-refractivity contribution in [3.63, 3.8) is 0 Å². The fourth-order valence-corrected chi connectivity index (χ4v) is 2.80. The third kappa shape index (κ3) is 3.94. The zero-order valence-corrected chi connectivity index (χ0v) is 14.9. The predicted molar refractivity (Wildman–Crippen MR) is 96.9 cm³/mol. The van der Waals surface area contributed by atoms with Crippen molar-refractivity contribution in [1.82, 2.24) is 9.55 Å². The van der Waals surface area contributed by atoms with E-state index in [4.69, 9.17) is 21.1 Å². The molecule has 0 saturated carbocycles. The summed E-state index contributed by atoms with van der Waals surface area (Å²) in [5.41, 5.74) is 1.69. The van der Waals surface area contributed by atoms with Crippen LogP contribution in [0, 0.1) is 0 Å². The smallest absolute Gasteiger partial charge is 0.326 e. The number of para-hydroxylation sites is 2. The van der Waals surface area contributed by atoms with Crippen LogP contribution in [0.2, 0.25) is 5.02 Å². The van der Waals surface area contributed by atoms with Crippen LogP contribution in [0.1, 0.15) is 25.8 Å². The van der Waals surface area contributed by atoms with Gasteiger partial charge in [0.15, 0.2) is 11.9 Å². The first-order chi connectivity index (χ1) is 12.1. The largest absolute Gasteiger partial charge is 0.483 e. The number of fused-ring (bicyclic) bond motifs is 1. The zero-order chi connectivity index (χ0) is 17.8. The second kappa shape index (κ2) is 7.57. The summed E-state index contributed by atoms with van der Waals surface area (Å²) in [7, 11) is 0. The molecule has 0 aliphatic heterocycles. The Bertz CT molecular complexity index is 874. The lowest BCUT2D eigenvalue weighted by molar-refractivity contribution is -0.143. The highest BCUT2D eigenvalue weighted by molar-refractivity contribution is 6.30. The van der Waals surface area contributed by atoms with Crippen LogP contribution in [0.25, 0.3) is 11.0 Å². The second-order valence-corrected chi connectivity index (χ2v) is 6.00. The Kier molecular flexibility index (Phi) is 5.24. The van der Waals surface area contributed by atoms with E-state index in [0.717, 1.165) is 11.0 Å². The van der Waals surface area contributed by atoms with Crippen molar-refractivity contribution in [3.05, 3.63) is 59.4 Å². The summed E-state index contributed by atoms with van der Waals surface area (Å²) in [4.78, 5) is 16.6. The highest BCUT2D eigenvalue weighted by atomic mass is 35.5. The van der Waals surface area contributed by atoms with Crippen LogP contribution in [-0.4, -0.2) is 22.1 Å². The van der Waals surface area contributed by atoms with Crippen LogP contribution in [0.5, 0.6) is 5.75 Å². The third-order valence-corrected chi connectivity index (χ3v) is 4.02. The lowest BCUT2D eigenvalue weighted by atomic mass is 10.3. The average Bonchev–Trinajstić information content (AvgIpc) is 2.96. The molecule has 0 spiro atoms. The Balaban J connectivity index is 1.93. The van der Waals surface area contributed by atoms with Gasteiger partial charge in [-0.15, -0.1) is 0 Å². The number of ether oxygens (including phenoxy) is 2. The standard InChI is InChI=1S/C19H19ClN2O3/c1-3-24-18(23)12-22-17-7-5-4-6-16(17)21-19(22)13(2)25-15-10-8-14(20)9-11-15/h4-11,13H,3,12H2,1-2H3. The van der Waals surface area contributed by atoms with E-state index >= 15 is 0 Å². The molecule has 1 atom stereocenters. The maximum Gasteiger partial charge on any atom is 0.326 e. The molecule has 130 valence electrons. The molecule has 0 radical (unpaired) electrons. The van der Waals surface area contributed by atoms with E-state index < -0.39 is 0 Å². The molecule has 1 aromatic heterocycles. The monoisotopic (exact) mass is 358 g/mol. The van der Waals surface area contributed by atoms with E-state index in [1.807, 2.05) is 35.8 Å². The number of carbonyl (C=O) groups excluding carboxylic acids is 1. The van der Waals surface area contributed by atoms with Gasteiger partial charge in [-0.05, 0) is 50.2 Å². The highest BCUT2D eigenvalue weighted by Crippen LogP contribution is 2.26. The third-order valence-electron chi connectivity index (χ3n) is 3.77. The maximum atomic E-state index is 12.0. The summed E-state index contributed by atoms with van der Waals surface area (Å²) < 4.78 is 12.9. The van der Waals surface area contributed by atoms with Crippen LogP contribution in [0.3, 0.4) is 0 Å². The van der Waals surface area contributed by atoms with E-state index in [2.05, 4.69) is 4.98 Å². The van der Waals surface area contributed by atoms with Crippen molar-refractivity contribution in [1.29, 1.82) is 0 Å². The van der Waals surface area contributed by atoms with Crippen LogP contribution in [0.4, 0.5) is 0 Å². The molecule has 0 aliphatic carbocycles. The number of nitrogens with zero attached hydrogens (tertiary/aromatic N) is 2. The first kappa shape index (κ1) is 17.3. The maximum absolute atomic E-state index is 12.0. The van der Waals surface area contributed by atoms with Gasteiger partial charge >= 0.3 is 5.97 Å². The Morgan fingerprint density at radius 2 is 1.92 bits per heavy atom.